The molecule has 2 aliphatic rings. The third-order valence-electron chi connectivity index (χ3n) is 5.98. The molecule has 1 aromatic rings. The van der Waals surface area contributed by atoms with E-state index in [-0.39, 0.29) is 11.8 Å². The minimum atomic E-state index is 0.167. The number of carbonyl (C=O) groups is 1. The van der Waals surface area contributed by atoms with Crippen molar-refractivity contribution in [2.24, 2.45) is 23.5 Å². The normalized spacial score (nSPS) is 31.0. The van der Waals surface area contributed by atoms with Crippen molar-refractivity contribution in [3.05, 3.63) is 35.9 Å². The molecule has 3 nitrogen and oxygen atoms in total. The first-order chi connectivity index (χ1) is 11.3. The topological polar surface area (TPSA) is 55.1 Å². The fourth-order valence-corrected chi connectivity index (χ4v) is 4.47. The molecule has 3 heteroatoms. The Balaban J connectivity index is 1.42. The van der Waals surface area contributed by atoms with Gasteiger partial charge in [-0.25, -0.2) is 0 Å². The van der Waals surface area contributed by atoms with E-state index in [2.05, 4.69) is 35.6 Å². The molecule has 3 rings (SSSR count). The van der Waals surface area contributed by atoms with Gasteiger partial charge < -0.3 is 11.1 Å². The van der Waals surface area contributed by atoms with Crippen LogP contribution in [0.5, 0.6) is 0 Å². The van der Waals surface area contributed by atoms with Gasteiger partial charge in [0.15, 0.2) is 0 Å². The zero-order chi connectivity index (χ0) is 16.1. The van der Waals surface area contributed by atoms with Gasteiger partial charge in [-0.2, -0.15) is 0 Å². The van der Waals surface area contributed by atoms with Crippen LogP contribution in [0.3, 0.4) is 0 Å². The molecule has 2 aliphatic carbocycles. The molecular formula is C20H30N2O. The molecule has 0 aliphatic heterocycles. The molecule has 3 N–H and O–H groups in total. The van der Waals surface area contributed by atoms with Crippen LogP contribution in [-0.2, 0) is 4.79 Å². The lowest BCUT2D eigenvalue weighted by Crippen LogP contribution is -2.38. The number of nitrogens with two attached hydrogens (primary N) is 1. The Hall–Kier alpha value is -1.35. The van der Waals surface area contributed by atoms with Crippen molar-refractivity contribution < 1.29 is 4.79 Å². The summed E-state index contributed by atoms with van der Waals surface area (Å²) < 4.78 is 0. The number of carbonyl (C=O) groups excluding carboxylic acids is 1. The van der Waals surface area contributed by atoms with Gasteiger partial charge in [-0.1, -0.05) is 36.8 Å². The zero-order valence-electron chi connectivity index (χ0n) is 14.0. The summed E-state index contributed by atoms with van der Waals surface area (Å²) >= 11 is 0. The molecule has 1 aromatic carbocycles. The van der Waals surface area contributed by atoms with Crippen LogP contribution in [0.1, 0.15) is 56.4 Å². The summed E-state index contributed by atoms with van der Waals surface area (Å²) in [6.45, 7) is 1.51. The van der Waals surface area contributed by atoms with Gasteiger partial charge in [0.1, 0.15) is 0 Å². The van der Waals surface area contributed by atoms with E-state index in [0.717, 1.165) is 25.8 Å². The summed E-state index contributed by atoms with van der Waals surface area (Å²) in [6.07, 6.45) is 8.25. The molecule has 0 spiro atoms. The average molecular weight is 314 g/mol. The van der Waals surface area contributed by atoms with Gasteiger partial charge in [-0.3, -0.25) is 4.79 Å². The summed E-state index contributed by atoms with van der Waals surface area (Å²) in [6, 6.07) is 10.9. The van der Waals surface area contributed by atoms with Crippen molar-refractivity contribution in [1.82, 2.24) is 5.32 Å². The summed E-state index contributed by atoms with van der Waals surface area (Å²) in [5.41, 5.74) is 7.27. The first-order valence-corrected chi connectivity index (χ1v) is 9.30. The molecule has 0 radical (unpaired) electrons. The maximum Gasteiger partial charge on any atom is 0.223 e. The first kappa shape index (κ1) is 16.5. The maximum atomic E-state index is 12.4. The molecule has 0 heterocycles. The SMILES string of the molecule is NC[C@H]1CCC[C@H]1C(=O)NCC1CCC(c2ccccc2)CC1. The molecule has 2 atom stereocenters. The van der Waals surface area contributed by atoms with Crippen LogP contribution in [0.25, 0.3) is 0 Å². The van der Waals surface area contributed by atoms with Crippen LogP contribution >= 0.6 is 0 Å². The van der Waals surface area contributed by atoms with Crippen LogP contribution in [0.2, 0.25) is 0 Å². The van der Waals surface area contributed by atoms with E-state index < -0.39 is 0 Å². The van der Waals surface area contributed by atoms with Crippen LogP contribution < -0.4 is 11.1 Å². The van der Waals surface area contributed by atoms with E-state index in [1.54, 1.807) is 0 Å². The van der Waals surface area contributed by atoms with Gasteiger partial charge in [0, 0.05) is 12.5 Å². The lowest BCUT2D eigenvalue weighted by atomic mass is 9.78. The Labute approximate surface area is 140 Å². The monoisotopic (exact) mass is 314 g/mol. The van der Waals surface area contributed by atoms with Crippen molar-refractivity contribution >= 4 is 5.91 Å². The van der Waals surface area contributed by atoms with Crippen molar-refractivity contribution in [1.29, 1.82) is 0 Å². The highest BCUT2D eigenvalue weighted by molar-refractivity contribution is 5.79. The fourth-order valence-electron chi connectivity index (χ4n) is 4.47. The van der Waals surface area contributed by atoms with Gasteiger partial charge >= 0.3 is 0 Å². The van der Waals surface area contributed by atoms with Gasteiger partial charge in [0.05, 0.1) is 0 Å². The van der Waals surface area contributed by atoms with Crippen molar-refractivity contribution in [2.45, 2.75) is 50.9 Å². The summed E-state index contributed by atoms with van der Waals surface area (Å²) in [7, 11) is 0. The van der Waals surface area contributed by atoms with Gasteiger partial charge in [0.25, 0.3) is 0 Å². The number of benzene rings is 1. The summed E-state index contributed by atoms with van der Waals surface area (Å²) in [5, 5.41) is 3.22. The number of hydrogen-bond donors (Lipinski definition) is 2. The zero-order valence-corrected chi connectivity index (χ0v) is 14.0. The second kappa shape index (κ2) is 7.96. The molecular weight excluding hydrogens is 284 g/mol. The van der Waals surface area contributed by atoms with Crippen LogP contribution in [0.15, 0.2) is 30.3 Å². The van der Waals surface area contributed by atoms with Crippen LogP contribution in [-0.4, -0.2) is 19.0 Å². The van der Waals surface area contributed by atoms with Crippen LogP contribution in [0, 0.1) is 17.8 Å². The highest BCUT2D eigenvalue weighted by atomic mass is 16.1. The van der Waals surface area contributed by atoms with Crippen LogP contribution in [0.4, 0.5) is 0 Å². The second-order valence-corrected chi connectivity index (χ2v) is 7.41. The Morgan fingerprint density at radius 2 is 1.78 bits per heavy atom. The molecule has 126 valence electrons. The Morgan fingerprint density at radius 3 is 2.48 bits per heavy atom. The van der Waals surface area contributed by atoms with E-state index in [1.807, 2.05) is 0 Å². The molecule has 23 heavy (non-hydrogen) atoms. The quantitative estimate of drug-likeness (QED) is 0.874. The predicted molar refractivity (Wildman–Crippen MR) is 94.0 cm³/mol. The molecule has 0 bridgehead atoms. The largest absolute Gasteiger partial charge is 0.356 e. The fraction of sp³-hybridized carbons (Fsp3) is 0.650. The molecule has 0 unspecified atom stereocenters. The Bertz CT molecular complexity index is 494. The first-order valence-electron chi connectivity index (χ1n) is 9.30. The second-order valence-electron chi connectivity index (χ2n) is 7.41. The number of rotatable bonds is 5. The highest BCUT2D eigenvalue weighted by Gasteiger charge is 2.32. The Morgan fingerprint density at radius 1 is 1.04 bits per heavy atom. The minimum Gasteiger partial charge on any atom is -0.356 e. The number of hydrogen-bond acceptors (Lipinski definition) is 2. The summed E-state index contributed by atoms with van der Waals surface area (Å²) in [4.78, 5) is 12.4. The highest BCUT2D eigenvalue weighted by Crippen LogP contribution is 2.35. The van der Waals surface area contributed by atoms with Crippen molar-refractivity contribution in [2.75, 3.05) is 13.1 Å². The van der Waals surface area contributed by atoms with Crippen molar-refractivity contribution in [3.8, 4) is 0 Å². The third-order valence-corrected chi connectivity index (χ3v) is 5.98. The van der Waals surface area contributed by atoms with E-state index >= 15 is 0 Å². The standard InChI is InChI=1S/C20H30N2O/c21-13-18-7-4-8-19(18)20(23)22-14-15-9-11-17(12-10-15)16-5-2-1-3-6-16/h1-3,5-6,15,17-19H,4,7-14,21H2,(H,22,23)/t15?,17?,18-,19-/m1/s1. The van der Waals surface area contributed by atoms with E-state index in [4.69, 9.17) is 5.73 Å². The third kappa shape index (κ3) is 4.14. The van der Waals surface area contributed by atoms with E-state index in [9.17, 15) is 4.79 Å². The number of nitrogens with one attached hydrogen (secondary N) is 1. The molecule has 1 amide bonds. The average Bonchev–Trinajstić information content (AvgIpc) is 3.10. The predicted octanol–water partition coefficient (Wildman–Crippen LogP) is 3.45. The smallest absolute Gasteiger partial charge is 0.223 e. The van der Waals surface area contributed by atoms with Gasteiger partial charge in [-0.05, 0) is 68.4 Å². The lowest BCUT2D eigenvalue weighted by Gasteiger charge is -2.29. The molecule has 2 fully saturated rings. The molecule has 0 aromatic heterocycles. The maximum absolute atomic E-state index is 12.4. The van der Waals surface area contributed by atoms with E-state index in [0.29, 0.717) is 24.3 Å². The molecule has 2 saturated carbocycles. The minimum absolute atomic E-state index is 0.167. The number of amides is 1. The van der Waals surface area contributed by atoms with E-state index in [1.165, 1.54) is 31.2 Å². The summed E-state index contributed by atoms with van der Waals surface area (Å²) in [5.74, 6) is 2.18. The molecule has 0 saturated heterocycles. The van der Waals surface area contributed by atoms with Gasteiger partial charge in [-0.15, -0.1) is 0 Å². The van der Waals surface area contributed by atoms with Crippen molar-refractivity contribution in [3.63, 3.8) is 0 Å². The van der Waals surface area contributed by atoms with Gasteiger partial charge in [0.2, 0.25) is 5.91 Å². The lowest BCUT2D eigenvalue weighted by molar-refractivity contribution is -0.126. The Kier molecular flexibility index (Phi) is 5.71.